The third kappa shape index (κ3) is 2.57. The molecule has 0 radical (unpaired) electrons. The van der Waals surface area contributed by atoms with Crippen molar-refractivity contribution in [1.82, 2.24) is 0 Å². The topological polar surface area (TPSA) is 79.4 Å². The first-order valence-corrected chi connectivity index (χ1v) is 5.73. The van der Waals surface area contributed by atoms with Crippen LogP contribution in [-0.4, -0.2) is 31.2 Å². The Balaban J connectivity index is 2.32. The number of nitrogens with zero attached hydrogens (tertiary/aromatic N) is 3. The van der Waals surface area contributed by atoms with Crippen LogP contribution in [0.15, 0.2) is 18.2 Å². The quantitative estimate of drug-likeness (QED) is 0.587. The van der Waals surface area contributed by atoms with E-state index in [0.717, 1.165) is 18.7 Å². The summed E-state index contributed by atoms with van der Waals surface area (Å²) in [4.78, 5) is 12.2. The zero-order valence-corrected chi connectivity index (χ0v) is 9.83. The molecular formula is C12H13N3O3. The molecule has 6 nitrogen and oxygen atoms in total. The first-order valence-electron chi connectivity index (χ1n) is 5.73. The van der Waals surface area contributed by atoms with E-state index in [9.17, 15) is 10.1 Å². The molecule has 1 aromatic rings. The van der Waals surface area contributed by atoms with Crippen LogP contribution in [0, 0.1) is 21.4 Å². The molecule has 6 heteroatoms. The summed E-state index contributed by atoms with van der Waals surface area (Å²) in [7, 11) is 0. The summed E-state index contributed by atoms with van der Waals surface area (Å²) >= 11 is 0. The van der Waals surface area contributed by atoms with Crippen molar-refractivity contribution in [2.24, 2.45) is 0 Å². The van der Waals surface area contributed by atoms with Gasteiger partial charge in [-0.15, -0.1) is 0 Å². The molecule has 0 unspecified atom stereocenters. The minimum absolute atomic E-state index is 0.0543. The highest BCUT2D eigenvalue weighted by Crippen LogP contribution is 2.25. The van der Waals surface area contributed by atoms with Crippen LogP contribution in [0.4, 0.5) is 11.4 Å². The largest absolute Gasteiger partial charge is 0.380 e. The van der Waals surface area contributed by atoms with Gasteiger partial charge in [-0.05, 0) is 12.5 Å². The third-order valence-corrected chi connectivity index (χ3v) is 2.87. The first kappa shape index (κ1) is 12.3. The molecule has 94 valence electrons. The average molecular weight is 247 g/mol. The molecule has 0 aromatic heterocycles. The van der Waals surface area contributed by atoms with E-state index < -0.39 is 4.92 Å². The molecule has 2 rings (SSSR count). The highest BCUT2D eigenvalue weighted by atomic mass is 16.6. The Morgan fingerprint density at radius 3 is 2.94 bits per heavy atom. The molecule has 0 N–H and O–H groups in total. The Bertz CT molecular complexity index is 488. The van der Waals surface area contributed by atoms with Crippen molar-refractivity contribution in [3.8, 4) is 6.07 Å². The molecule has 0 aliphatic carbocycles. The summed E-state index contributed by atoms with van der Waals surface area (Å²) in [5.41, 5.74) is 1.03. The fraction of sp³-hybridized carbons (Fsp3) is 0.417. The molecule has 0 spiro atoms. The number of hydrogen-bond acceptors (Lipinski definition) is 5. The van der Waals surface area contributed by atoms with E-state index in [1.165, 1.54) is 12.1 Å². The van der Waals surface area contributed by atoms with Gasteiger partial charge in [-0.25, -0.2) is 0 Å². The Labute approximate surface area is 105 Å². The molecule has 0 atom stereocenters. The SMILES string of the molecule is N#Cc1cc([N+](=O)[O-])ccc1N1CCCOCC1. The predicted molar refractivity (Wildman–Crippen MR) is 65.5 cm³/mol. The molecule has 1 saturated heterocycles. The van der Waals surface area contributed by atoms with Gasteiger partial charge in [0.05, 0.1) is 22.8 Å². The monoisotopic (exact) mass is 247 g/mol. The average Bonchev–Trinajstić information content (AvgIpc) is 2.66. The van der Waals surface area contributed by atoms with Gasteiger partial charge in [0.25, 0.3) is 5.69 Å². The third-order valence-electron chi connectivity index (χ3n) is 2.87. The highest BCUT2D eigenvalue weighted by Gasteiger charge is 2.16. The standard InChI is InChI=1S/C12H13N3O3/c13-9-10-8-11(15(16)17)2-3-12(10)14-4-1-6-18-7-5-14/h2-3,8H,1,4-7H2. The van der Waals surface area contributed by atoms with Crippen LogP contribution in [0.5, 0.6) is 0 Å². The predicted octanol–water partition coefficient (Wildman–Crippen LogP) is 1.69. The van der Waals surface area contributed by atoms with E-state index in [1.54, 1.807) is 6.07 Å². The number of hydrogen-bond donors (Lipinski definition) is 0. The van der Waals surface area contributed by atoms with Gasteiger partial charge in [-0.3, -0.25) is 10.1 Å². The molecule has 1 aromatic carbocycles. The van der Waals surface area contributed by atoms with Crippen LogP contribution >= 0.6 is 0 Å². The number of nitro benzene ring substituents is 1. The maximum Gasteiger partial charge on any atom is 0.270 e. The van der Waals surface area contributed by atoms with Crippen LogP contribution in [0.25, 0.3) is 0 Å². The zero-order chi connectivity index (χ0) is 13.0. The fourth-order valence-electron chi connectivity index (χ4n) is 1.99. The molecule has 18 heavy (non-hydrogen) atoms. The van der Waals surface area contributed by atoms with E-state index >= 15 is 0 Å². The second kappa shape index (κ2) is 5.47. The smallest absolute Gasteiger partial charge is 0.270 e. The molecular weight excluding hydrogens is 234 g/mol. The number of rotatable bonds is 2. The molecule has 0 amide bonds. The number of benzene rings is 1. The molecule has 1 aliphatic rings. The van der Waals surface area contributed by atoms with Gasteiger partial charge >= 0.3 is 0 Å². The number of anilines is 1. The van der Waals surface area contributed by atoms with Crippen molar-refractivity contribution >= 4 is 11.4 Å². The lowest BCUT2D eigenvalue weighted by atomic mass is 10.1. The van der Waals surface area contributed by atoms with Crippen LogP contribution in [0.3, 0.4) is 0 Å². The second-order valence-electron chi connectivity index (χ2n) is 4.02. The molecule has 0 saturated carbocycles. The maximum absolute atomic E-state index is 10.7. The summed E-state index contributed by atoms with van der Waals surface area (Å²) < 4.78 is 5.35. The van der Waals surface area contributed by atoms with Crippen LogP contribution < -0.4 is 4.90 Å². The van der Waals surface area contributed by atoms with Crippen molar-refractivity contribution in [3.63, 3.8) is 0 Å². The van der Waals surface area contributed by atoms with Gasteiger partial charge in [0.15, 0.2) is 0 Å². The van der Waals surface area contributed by atoms with Gasteiger partial charge in [0.1, 0.15) is 6.07 Å². The summed E-state index contributed by atoms with van der Waals surface area (Å²) in [5, 5.41) is 19.8. The second-order valence-corrected chi connectivity index (χ2v) is 4.02. The van der Waals surface area contributed by atoms with Crippen LogP contribution in [0.1, 0.15) is 12.0 Å². The lowest BCUT2D eigenvalue weighted by Crippen LogP contribution is -2.26. The normalized spacial score (nSPS) is 15.8. The summed E-state index contributed by atoms with van der Waals surface area (Å²) in [6, 6.07) is 6.42. The number of nitriles is 1. The van der Waals surface area contributed by atoms with Crippen molar-refractivity contribution in [2.45, 2.75) is 6.42 Å². The molecule has 1 aliphatic heterocycles. The summed E-state index contributed by atoms with van der Waals surface area (Å²) in [6.45, 7) is 2.83. The molecule has 0 bridgehead atoms. The first-order chi connectivity index (χ1) is 8.72. The highest BCUT2D eigenvalue weighted by molar-refractivity contribution is 5.63. The number of nitro groups is 1. The minimum Gasteiger partial charge on any atom is -0.380 e. The Hall–Kier alpha value is -2.13. The fourth-order valence-corrected chi connectivity index (χ4v) is 1.99. The summed E-state index contributed by atoms with van der Waals surface area (Å²) in [6.07, 6.45) is 0.891. The summed E-state index contributed by atoms with van der Waals surface area (Å²) in [5.74, 6) is 0. The molecule has 1 fully saturated rings. The van der Waals surface area contributed by atoms with E-state index in [0.29, 0.717) is 25.3 Å². The maximum atomic E-state index is 10.7. The van der Waals surface area contributed by atoms with Gasteiger partial charge < -0.3 is 9.64 Å². The Morgan fingerprint density at radius 2 is 2.22 bits per heavy atom. The van der Waals surface area contributed by atoms with Crippen molar-refractivity contribution < 1.29 is 9.66 Å². The number of ether oxygens (including phenoxy) is 1. The minimum atomic E-state index is -0.490. The Kier molecular flexibility index (Phi) is 3.75. The lowest BCUT2D eigenvalue weighted by molar-refractivity contribution is -0.384. The molecule has 1 heterocycles. The van der Waals surface area contributed by atoms with Gasteiger partial charge in [-0.1, -0.05) is 0 Å². The lowest BCUT2D eigenvalue weighted by Gasteiger charge is -2.22. The van der Waals surface area contributed by atoms with Gasteiger partial charge in [-0.2, -0.15) is 5.26 Å². The van der Waals surface area contributed by atoms with Gasteiger partial charge in [0, 0.05) is 31.8 Å². The van der Waals surface area contributed by atoms with Crippen LogP contribution in [-0.2, 0) is 4.74 Å². The van der Waals surface area contributed by atoms with Crippen molar-refractivity contribution in [2.75, 3.05) is 31.2 Å². The van der Waals surface area contributed by atoms with E-state index in [1.807, 2.05) is 11.0 Å². The Morgan fingerprint density at radius 1 is 1.39 bits per heavy atom. The van der Waals surface area contributed by atoms with Crippen molar-refractivity contribution in [1.29, 1.82) is 5.26 Å². The zero-order valence-electron chi connectivity index (χ0n) is 9.83. The van der Waals surface area contributed by atoms with Crippen molar-refractivity contribution in [3.05, 3.63) is 33.9 Å². The van der Waals surface area contributed by atoms with E-state index in [2.05, 4.69) is 0 Å². The number of non-ortho nitro benzene ring substituents is 1. The van der Waals surface area contributed by atoms with Gasteiger partial charge in [0.2, 0.25) is 0 Å². The van der Waals surface area contributed by atoms with Crippen LogP contribution in [0.2, 0.25) is 0 Å². The van der Waals surface area contributed by atoms with E-state index in [4.69, 9.17) is 10.00 Å². The van der Waals surface area contributed by atoms with E-state index in [-0.39, 0.29) is 5.69 Å².